The van der Waals surface area contributed by atoms with Crippen LogP contribution in [0.15, 0.2) is 30.5 Å². The lowest BCUT2D eigenvalue weighted by atomic mass is 9.86. The molecule has 0 aliphatic heterocycles. The second kappa shape index (κ2) is 5.57. The number of nitrogens with zero attached hydrogens (tertiary/aromatic N) is 2. The van der Waals surface area contributed by atoms with Crippen molar-refractivity contribution in [1.82, 2.24) is 15.3 Å². The highest BCUT2D eigenvalue weighted by molar-refractivity contribution is 5.93. The highest BCUT2D eigenvalue weighted by Gasteiger charge is 2.23. The SMILES string of the molecule is CC1CCCCC1NC(=O)c1cnc2ccccc2n1. The molecule has 4 nitrogen and oxygen atoms in total. The Hall–Kier alpha value is -1.97. The van der Waals surface area contributed by atoms with E-state index in [1.165, 1.54) is 19.3 Å². The fourth-order valence-corrected chi connectivity index (χ4v) is 2.84. The minimum absolute atomic E-state index is 0.109. The molecule has 4 heteroatoms. The van der Waals surface area contributed by atoms with E-state index in [-0.39, 0.29) is 11.9 Å². The van der Waals surface area contributed by atoms with E-state index in [0.717, 1.165) is 17.5 Å². The number of hydrogen-bond acceptors (Lipinski definition) is 3. The van der Waals surface area contributed by atoms with E-state index < -0.39 is 0 Å². The van der Waals surface area contributed by atoms with Crippen molar-refractivity contribution in [3.05, 3.63) is 36.2 Å². The number of hydrogen-bond donors (Lipinski definition) is 1. The van der Waals surface area contributed by atoms with Gasteiger partial charge in [-0.15, -0.1) is 0 Å². The van der Waals surface area contributed by atoms with Gasteiger partial charge in [-0.2, -0.15) is 0 Å². The molecular weight excluding hydrogens is 250 g/mol. The first-order chi connectivity index (χ1) is 9.74. The summed E-state index contributed by atoms with van der Waals surface area (Å²) >= 11 is 0. The van der Waals surface area contributed by atoms with Crippen LogP contribution in [0.3, 0.4) is 0 Å². The maximum Gasteiger partial charge on any atom is 0.271 e. The van der Waals surface area contributed by atoms with Crippen molar-refractivity contribution in [3.63, 3.8) is 0 Å². The van der Waals surface area contributed by atoms with Crippen LogP contribution in [0.25, 0.3) is 11.0 Å². The number of para-hydroxylation sites is 2. The normalized spacial score (nSPS) is 22.6. The topological polar surface area (TPSA) is 54.9 Å². The van der Waals surface area contributed by atoms with Gasteiger partial charge in [-0.05, 0) is 30.9 Å². The minimum Gasteiger partial charge on any atom is -0.348 e. The van der Waals surface area contributed by atoms with Gasteiger partial charge in [0.1, 0.15) is 5.69 Å². The molecule has 1 amide bonds. The van der Waals surface area contributed by atoms with Gasteiger partial charge >= 0.3 is 0 Å². The second-order valence-electron chi connectivity index (χ2n) is 5.59. The summed E-state index contributed by atoms with van der Waals surface area (Å²) in [5, 5.41) is 3.11. The molecule has 2 aromatic rings. The van der Waals surface area contributed by atoms with Gasteiger partial charge in [0, 0.05) is 6.04 Å². The highest BCUT2D eigenvalue weighted by Crippen LogP contribution is 2.23. The molecule has 1 N–H and O–H groups in total. The number of fused-ring (bicyclic) bond motifs is 1. The predicted molar refractivity (Wildman–Crippen MR) is 78.4 cm³/mol. The third kappa shape index (κ3) is 2.64. The summed E-state index contributed by atoms with van der Waals surface area (Å²) in [4.78, 5) is 21.0. The van der Waals surface area contributed by atoms with Gasteiger partial charge in [0.15, 0.2) is 0 Å². The Labute approximate surface area is 118 Å². The molecule has 1 saturated carbocycles. The van der Waals surface area contributed by atoms with Gasteiger partial charge < -0.3 is 5.32 Å². The van der Waals surface area contributed by atoms with Gasteiger partial charge in [-0.1, -0.05) is 31.9 Å². The fraction of sp³-hybridized carbons (Fsp3) is 0.438. The molecule has 0 radical (unpaired) electrons. The summed E-state index contributed by atoms with van der Waals surface area (Å²) in [6, 6.07) is 7.86. The van der Waals surface area contributed by atoms with E-state index >= 15 is 0 Å². The van der Waals surface area contributed by atoms with Gasteiger partial charge in [0.2, 0.25) is 0 Å². The molecule has 1 heterocycles. The number of amides is 1. The maximum absolute atomic E-state index is 12.3. The quantitative estimate of drug-likeness (QED) is 0.912. The number of carbonyl (C=O) groups is 1. The van der Waals surface area contributed by atoms with Crippen LogP contribution in [0.2, 0.25) is 0 Å². The second-order valence-corrected chi connectivity index (χ2v) is 5.59. The van der Waals surface area contributed by atoms with Crippen LogP contribution >= 0.6 is 0 Å². The van der Waals surface area contributed by atoms with Crippen LogP contribution in [0, 0.1) is 5.92 Å². The maximum atomic E-state index is 12.3. The standard InChI is InChI=1S/C16H19N3O/c1-11-6-2-3-7-12(11)19-16(20)15-10-17-13-8-4-5-9-14(13)18-15/h4-5,8-12H,2-3,6-7H2,1H3,(H,19,20). The molecule has 1 aliphatic rings. The predicted octanol–water partition coefficient (Wildman–Crippen LogP) is 2.94. The summed E-state index contributed by atoms with van der Waals surface area (Å²) in [6.07, 6.45) is 6.27. The Balaban J connectivity index is 1.78. The summed E-state index contributed by atoms with van der Waals surface area (Å²) in [5.74, 6) is 0.433. The first-order valence-corrected chi connectivity index (χ1v) is 7.27. The molecule has 0 bridgehead atoms. The summed E-state index contributed by atoms with van der Waals surface area (Å²) in [7, 11) is 0. The number of benzene rings is 1. The third-order valence-electron chi connectivity index (χ3n) is 4.11. The van der Waals surface area contributed by atoms with Crippen molar-refractivity contribution in [2.45, 2.75) is 38.6 Å². The lowest BCUT2D eigenvalue weighted by Gasteiger charge is -2.29. The van der Waals surface area contributed by atoms with Crippen LogP contribution < -0.4 is 5.32 Å². The van der Waals surface area contributed by atoms with Crippen molar-refractivity contribution in [2.75, 3.05) is 0 Å². The van der Waals surface area contributed by atoms with Gasteiger partial charge in [-0.25, -0.2) is 4.98 Å². The monoisotopic (exact) mass is 269 g/mol. The first kappa shape index (κ1) is 13.0. The number of nitrogens with one attached hydrogen (secondary N) is 1. The van der Waals surface area contributed by atoms with Crippen LogP contribution in [-0.4, -0.2) is 21.9 Å². The first-order valence-electron chi connectivity index (χ1n) is 7.27. The summed E-state index contributed by atoms with van der Waals surface area (Å²) in [6.45, 7) is 2.20. The average Bonchev–Trinajstić information content (AvgIpc) is 2.49. The minimum atomic E-state index is -0.109. The average molecular weight is 269 g/mol. The van der Waals surface area contributed by atoms with E-state index in [1.807, 2.05) is 24.3 Å². The van der Waals surface area contributed by atoms with Crippen molar-refractivity contribution in [2.24, 2.45) is 5.92 Å². The molecule has 1 fully saturated rings. The van der Waals surface area contributed by atoms with Gasteiger partial charge in [-0.3, -0.25) is 9.78 Å². The largest absolute Gasteiger partial charge is 0.348 e. The zero-order valence-electron chi connectivity index (χ0n) is 11.7. The van der Waals surface area contributed by atoms with Crippen molar-refractivity contribution in [1.29, 1.82) is 0 Å². The number of rotatable bonds is 2. The third-order valence-corrected chi connectivity index (χ3v) is 4.11. The lowest BCUT2D eigenvalue weighted by molar-refractivity contribution is 0.0905. The Morgan fingerprint density at radius 1 is 1.20 bits per heavy atom. The van der Waals surface area contributed by atoms with Crippen molar-refractivity contribution >= 4 is 16.9 Å². The molecule has 0 spiro atoms. The van der Waals surface area contributed by atoms with E-state index in [0.29, 0.717) is 11.6 Å². The zero-order chi connectivity index (χ0) is 13.9. The molecule has 104 valence electrons. The number of carbonyl (C=O) groups excluding carboxylic acids is 1. The lowest BCUT2D eigenvalue weighted by Crippen LogP contribution is -2.41. The van der Waals surface area contributed by atoms with E-state index in [1.54, 1.807) is 6.20 Å². The molecule has 3 rings (SSSR count). The molecule has 1 aromatic carbocycles. The van der Waals surface area contributed by atoms with Crippen LogP contribution in [0.4, 0.5) is 0 Å². The molecule has 2 atom stereocenters. The Bertz CT molecular complexity index is 626. The summed E-state index contributed by atoms with van der Waals surface area (Å²) in [5.41, 5.74) is 1.98. The Morgan fingerprint density at radius 3 is 2.75 bits per heavy atom. The number of aromatic nitrogens is 2. The Morgan fingerprint density at radius 2 is 1.95 bits per heavy atom. The van der Waals surface area contributed by atoms with E-state index in [4.69, 9.17) is 0 Å². The van der Waals surface area contributed by atoms with Crippen molar-refractivity contribution < 1.29 is 4.79 Å². The molecule has 1 aliphatic carbocycles. The summed E-state index contributed by atoms with van der Waals surface area (Å²) < 4.78 is 0. The van der Waals surface area contributed by atoms with Crippen LogP contribution in [0.1, 0.15) is 43.1 Å². The van der Waals surface area contributed by atoms with E-state index in [9.17, 15) is 4.79 Å². The molecule has 1 aromatic heterocycles. The van der Waals surface area contributed by atoms with Crippen molar-refractivity contribution in [3.8, 4) is 0 Å². The van der Waals surface area contributed by atoms with E-state index in [2.05, 4.69) is 22.2 Å². The van der Waals surface area contributed by atoms with Crippen LogP contribution in [-0.2, 0) is 0 Å². The highest BCUT2D eigenvalue weighted by atomic mass is 16.1. The van der Waals surface area contributed by atoms with Gasteiger partial charge in [0.25, 0.3) is 5.91 Å². The molecule has 0 saturated heterocycles. The smallest absolute Gasteiger partial charge is 0.271 e. The fourth-order valence-electron chi connectivity index (χ4n) is 2.84. The van der Waals surface area contributed by atoms with Crippen LogP contribution in [0.5, 0.6) is 0 Å². The molecular formula is C16H19N3O. The molecule has 2 unspecified atom stereocenters. The molecule has 20 heavy (non-hydrogen) atoms. The van der Waals surface area contributed by atoms with Gasteiger partial charge in [0.05, 0.1) is 17.2 Å². The Kier molecular flexibility index (Phi) is 3.63. The zero-order valence-corrected chi connectivity index (χ0v) is 11.7.